The van der Waals surface area contributed by atoms with E-state index in [0.717, 1.165) is 32.0 Å². The maximum Gasteiger partial charge on any atom is 0.245 e. The first-order chi connectivity index (χ1) is 7.22. The molecule has 6 heteroatoms. The van der Waals surface area contributed by atoms with Crippen molar-refractivity contribution in [3.8, 4) is 0 Å². The number of aryl methyl sites for hydroxylation is 1. The van der Waals surface area contributed by atoms with Crippen LogP contribution in [0.25, 0.3) is 0 Å². The van der Waals surface area contributed by atoms with Crippen LogP contribution in [0.5, 0.6) is 0 Å². The van der Waals surface area contributed by atoms with E-state index in [0.29, 0.717) is 11.8 Å². The summed E-state index contributed by atoms with van der Waals surface area (Å²) in [6, 6.07) is 0. The topological polar surface area (TPSA) is 72.9 Å². The number of nitrogens with zero attached hydrogens (tertiary/aromatic N) is 5. The molecule has 0 spiro atoms. The fraction of sp³-hybridized carbons (Fsp3) is 0.889. The van der Waals surface area contributed by atoms with Crippen molar-refractivity contribution in [1.82, 2.24) is 20.2 Å². The molecule has 2 atom stereocenters. The van der Waals surface area contributed by atoms with Crippen LogP contribution in [0, 0.1) is 11.8 Å². The summed E-state index contributed by atoms with van der Waals surface area (Å²) in [6.07, 6.45) is 1.16. The summed E-state index contributed by atoms with van der Waals surface area (Å²) in [5, 5.41) is 11.5. The molecule has 2 unspecified atom stereocenters. The second kappa shape index (κ2) is 4.14. The molecule has 0 saturated carbocycles. The first-order valence-electron chi connectivity index (χ1n) is 5.39. The maximum absolute atomic E-state index is 5.76. The fourth-order valence-electron chi connectivity index (χ4n) is 2.13. The molecule has 1 saturated heterocycles. The summed E-state index contributed by atoms with van der Waals surface area (Å²) in [7, 11) is 1.87. The molecule has 1 aliphatic heterocycles. The lowest BCUT2D eigenvalue weighted by atomic mass is 9.87. The van der Waals surface area contributed by atoms with Crippen molar-refractivity contribution in [3.63, 3.8) is 0 Å². The SMILES string of the molecule is CC1CCN(c2nnnn2C)CC1CN. The number of anilines is 1. The molecule has 15 heavy (non-hydrogen) atoms. The number of hydrogen-bond donors (Lipinski definition) is 1. The third kappa shape index (κ3) is 1.94. The molecule has 0 bridgehead atoms. The summed E-state index contributed by atoms with van der Waals surface area (Å²) in [5.41, 5.74) is 5.76. The minimum Gasteiger partial charge on any atom is -0.339 e. The summed E-state index contributed by atoms with van der Waals surface area (Å²) >= 11 is 0. The van der Waals surface area contributed by atoms with E-state index >= 15 is 0 Å². The quantitative estimate of drug-likeness (QED) is 0.721. The van der Waals surface area contributed by atoms with Crippen molar-refractivity contribution in [2.24, 2.45) is 24.6 Å². The van der Waals surface area contributed by atoms with E-state index < -0.39 is 0 Å². The summed E-state index contributed by atoms with van der Waals surface area (Å²) in [5.74, 6) is 2.10. The normalized spacial score (nSPS) is 27.0. The molecule has 6 nitrogen and oxygen atoms in total. The van der Waals surface area contributed by atoms with Gasteiger partial charge in [0.2, 0.25) is 5.95 Å². The van der Waals surface area contributed by atoms with Crippen LogP contribution >= 0.6 is 0 Å². The van der Waals surface area contributed by atoms with Crippen LogP contribution in [0.1, 0.15) is 13.3 Å². The Bertz CT molecular complexity index is 322. The molecule has 84 valence electrons. The van der Waals surface area contributed by atoms with Gasteiger partial charge in [0, 0.05) is 20.1 Å². The lowest BCUT2D eigenvalue weighted by molar-refractivity contribution is 0.304. The van der Waals surface area contributed by atoms with Crippen LogP contribution in [0.2, 0.25) is 0 Å². The van der Waals surface area contributed by atoms with Crippen LogP contribution < -0.4 is 10.6 Å². The van der Waals surface area contributed by atoms with Gasteiger partial charge in [-0.1, -0.05) is 12.0 Å². The van der Waals surface area contributed by atoms with Crippen LogP contribution in [0.3, 0.4) is 0 Å². The van der Waals surface area contributed by atoms with Gasteiger partial charge in [-0.15, -0.1) is 0 Å². The van der Waals surface area contributed by atoms with E-state index in [-0.39, 0.29) is 0 Å². The van der Waals surface area contributed by atoms with Gasteiger partial charge in [-0.3, -0.25) is 0 Å². The highest BCUT2D eigenvalue weighted by Gasteiger charge is 2.27. The Balaban J connectivity index is 2.09. The van der Waals surface area contributed by atoms with E-state index in [1.54, 1.807) is 4.68 Å². The molecule has 1 aromatic rings. The first kappa shape index (κ1) is 10.4. The Morgan fingerprint density at radius 3 is 2.93 bits per heavy atom. The second-order valence-corrected chi connectivity index (χ2v) is 4.31. The minimum absolute atomic E-state index is 0.551. The Kier molecular flexibility index (Phi) is 2.86. The third-order valence-electron chi connectivity index (χ3n) is 3.30. The zero-order valence-corrected chi connectivity index (χ0v) is 9.30. The highest BCUT2D eigenvalue weighted by molar-refractivity contribution is 5.28. The molecule has 1 aliphatic rings. The number of piperidine rings is 1. The summed E-state index contributed by atoms with van der Waals surface area (Å²) in [6.45, 7) is 4.99. The molecular weight excluding hydrogens is 192 g/mol. The van der Waals surface area contributed by atoms with Gasteiger partial charge in [0.25, 0.3) is 0 Å². The average molecular weight is 210 g/mol. The van der Waals surface area contributed by atoms with Crippen molar-refractivity contribution in [2.45, 2.75) is 13.3 Å². The van der Waals surface area contributed by atoms with Gasteiger partial charge < -0.3 is 10.6 Å². The van der Waals surface area contributed by atoms with Gasteiger partial charge in [-0.25, -0.2) is 4.68 Å². The lowest BCUT2D eigenvalue weighted by Crippen LogP contribution is -2.43. The monoisotopic (exact) mass is 210 g/mol. The standard InChI is InChI=1S/C9H18N6/c1-7-3-4-15(6-8(7)5-10)9-11-12-13-14(9)2/h7-8H,3-6,10H2,1-2H3. The second-order valence-electron chi connectivity index (χ2n) is 4.31. The zero-order chi connectivity index (χ0) is 10.8. The third-order valence-corrected chi connectivity index (χ3v) is 3.30. The van der Waals surface area contributed by atoms with E-state index in [1.165, 1.54) is 0 Å². The van der Waals surface area contributed by atoms with Crippen LogP contribution in [-0.2, 0) is 7.05 Å². The van der Waals surface area contributed by atoms with Gasteiger partial charge in [-0.2, -0.15) is 0 Å². The van der Waals surface area contributed by atoms with Crippen LogP contribution in [-0.4, -0.2) is 39.8 Å². The molecule has 0 amide bonds. The van der Waals surface area contributed by atoms with E-state index in [2.05, 4.69) is 27.3 Å². The first-order valence-corrected chi connectivity index (χ1v) is 5.39. The van der Waals surface area contributed by atoms with E-state index in [4.69, 9.17) is 5.73 Å². The van der Waals surface area contributed by atoms with Gasteiger partial charge >= 0.3 is 0 Å². The number of tetrazole rings is 1. The summed E-state index contributed by atoms with van der Waals surface area (Å²) in [4.78, 5) is 2.22. The molecule has 2 rings (SSSR count). The molecule has 0 radical (unpaired) electrons. The Morgan fingerprint density at radius 2 is 2.33 bits per heavy atom. The predicted octanol–water partition coefficient (Wildman–Crippen LogP) is -0.369. The largest absolute Gasteiger partial charge is 0.339 e. The molecule has 1 aromatic heterocycles. The Hall–Kier alpha value is -1.17. The molecule has 0 aromatic carbocycles. The highest BCUT2D eigenvalue weighted by Crippen LogP contribution is 2.24. The van der Waals surface area contributed by atoms with Crippen molar-refractivity contribution >= 4 is 5.95 Å². The van der Waals surface area contributed by atoms with Crippen LogP contribution in [0.15, 0.2) is 0 Å². The van der Waals surface area contributed by atoms with Crippen molar-refractivity contribution in [1.29, 1.82) is 0 Å². The van der Waals surface area contributed by atoms with Gasteiger partial charge in [0.1, 0.15) is 0 Å². The molecule has 1 fully saturated rings. The number of aromatic nitrogens is 4. The van der Waals surface area contributed by atoms with Crippen molar-refractivity contribution in [2.75, 3.05) is 24.5 Å². The number of rotatable bonds is 2. The Morgan fingerprint density at radius 1 is 1.53 bits per heavy atom. The predicted molar refractivity (Wildman–Crippen MR) is 57.3 cm³/mol. The smallest absolute Gasteiger partial charge is 0.245 e. The Labute approximate surface area is 89.4 Å². The number of hydrogen-bond acceptors (Lipinski definition) is 5. The van der Waals surface area contributed by atoms with E-state index in [1.807, 2.05) is 7.05 Å². The van der Waals surface area contributed by atoms with Gasteiger partial charge in [0.05, 0.1) is 0 Å². The number of nitrogens with two attached hydrogens (primary N) is 1. The van der Waals surface area contributed by atoms with Crippen LogP contribution in [0.4, 0.5) is 5.95 Å². The molecular formula is C9H18N6. The molecule has 2 heterocycles. The highest BCUT2D eigenvalue weighted by atomic mass is 15.6. The molecule has 0 aliphatic carbocycles. The van der Waals surface area contributed by atoms with Crippen molar-refractivity contribution in [3.05, 3.63) is 0 Å². The van der Waals surface area contributed by atoms with E-state index in [9.17, 15) is 0 Å². The zero-order valence-electron chi connectivity index (χ0n) is 9.30. The van der Waals surface area contributed by atoms with Gasteiger partial charge in [0.15, 0.2) is 0 Å². The van der Waals surface area contributed by atoms with Crippen molar-refractivity contribution < 1.29 is 0 Å². The maximum atomic E-state index is 5.76. The van der Waals surface area contributed by atoms with Gasteiger partial charge in [-0.05, 0) is 35.2 Å². The lowest BCUT2D eigenvalue weighted by Gasteiger charge is -2.36. The minimum atomic E-state index is 0.551. The average Bonchev–Trinajstić information content (AvgIpc) is 2.65. The molecule has 2 N–H and O–H groups in total. The summed E-state index contributed by atoms with van der Waals surface area (Å²) < 4.78 is 1.71. The fourth-order valence-corrected chi connectivity index (χ4v) is 2.13.